The van der Waals surface area contributed by atoms with Gasteiger partial charge in [-0.1, -0.05) is 30.3 Å². The van der Waals surface area contributed by atoms with Gasteiger partial charge in [0.15, 0.2) is 5.57 Å². The molecule has 0 saturated carbocycles. The average molecular weight is 235 g/mol. The molecular weight excluding hydrogens is 222 g/mol. The number of aliphatic carboxylic acids is 1. The molecule has 3 N–H and O–H groups in total. The van der Waals surface area contributed by atoms with Gasteiger partial charge in [-0.15, -0.1) is 0 Å². The first-order valence-corrected chi connectivity index (χ1v) is 5.03. The van der Waals surface area contributed by atoms with Crippen molar-refractivity contribution in [3.8, 4) is 0 Å². The molecule has 0 saturated heterocycles. The van der Waals surface area contributed by atoms with Gasteiger partial charge in [-0.25, -0.2) is 9.59 Å². The fraction of sp³-hybridized carbons (Fsp3) is 0.167. The molecule has 1 rings (SSSR count). The van der Waals surface area contributed by atoms with Crippen LogP contribution in [-0.2, 0) is 14.3 Å². The van der Waals surface area contributed by atoms with E-state index < -0.39 is 17.5 Å². The molecule has 0 amide bonds. The molecule has 5 heteroatoms. The maximum Gasteiger partial charge on any atom is 0.347 e. The lowest BCUT2D eigenvalue weighted by molar-refractivity contribution is -0.143. The van der Waals surface area contributed by atoms with Crippen molar-refractivity contribution < 1.29 is 19.4 Å². The molecule has 0 fully saturated rings. The number of carbonyl (C=O) groups excluding carboxylic acids is 1. The number of hydrogen-bond acceptors (Lipinski definition) is 4. The Kier molecular flexibility index (Phi) is 4.28. The number of nitrogens with two attached hydrogens (primary N) is 1. The summed E-state index contributed by atoms with van der Waals surface area (Å²) in [7, 11) is 0. The highest BCUT2D eigenvalue weighted by molar-refractivity contribution is 6.18. The van der Waals surface area contributed by atoms with Crippen molar-refractivity contribution in [3.05, 3.63) is 41.5 Å². The van der Waals surface area contributed by atoms with Crippen molar-refractivity contribution in [2.24, 2.45) is 5.73 Å². The standard InChI is InChI=1S/C12H13NO4/c1-2-17-12(16)9(11(14)15)10(13)8-6-4-3-5-7-8/h3-7H,2,13H2,1H3,(H,14,15)/b10-9+. The van der Waals surface area contributed by atoms with Crippen LogP contribution in [0, 0.1) is 0 Å². The van der Waals surface area contributed by atoms with Gasteiger partial charge in [-0.3, -0.25) is 0 Å². The lowest BCUT2D eigenvalue weighted by Gasteiger charge is -2.07. The first-order valence-electron chi connectivity index (χ1n) is 5.03. The summed E-state index contributed by atoms with van der Waals surface area (Å²) in [4.78, 5) is 22.5. The number of rotatable bonds is 4. The molecule has 0 aromatic heterocycles. The minimum Gasteiger partial charge on any atom is -0.477 e. The van der Waals surface area contributed by atoms with E-state index in [4.69, 9.17) is 10.8 Å². The van der Waals surface area contributed by atoms with Crippen LogP contribution in [0.1, 0.15) is 12.5 Å². The van der Waals surface area contributed by atoms with E-state index in [9.17, 15) is 9.59 Å². The van der Waals surface area contributed by atoms with Crippen molar-refractivity contribution in [1.82, 2.24) is 0 Å². The number of esters is 1. The largest absolute Gasteiger partial charge is 0.477 e. The van der Waals surface area contributed by atoms with Crippen molar-refractivity contribution in [3.63, 3.8) is 0 Å². The van der Waals surface area contributed by atoms with E-state index in [0.29, 0.717) is 5.56 Å². The Morgan fingerprint density at radius 1 is 1.29 bits per heavy atom. The van der Waals surface area contributed by atoms with E-state index in [-0.39, 0.29) is 12.3 Å². The van der Waals surface area contributed by atoms with E-state index in [2.05, 4.69) is 4.74 Å². The van der Waals surface area contributed by atoms with Gasteiger partial charge < -0.3 is 15.6 Å². The smallest absolute Gasteiger partial charge is 0.347 e. The van der Waals surface area contributed by atoms with Gasteiger partial charge in [-0.2, -0.15) is 0 Å². The Morgan fingerprint density at radius 3 is 2.35 bits per heavy atom. The molecule has 0 aliphatic heterocycles. The topological polar surface area (TPSA) is 89.6 Å². The fourth-order valence-electron chi connectivity index (χ4n) is 1.28. The zero-order valence-electron chi connectivity index (χ0n) is 9.34. The summed E-state index contributed by atoms with van der Waals surface area (Å²) in [6.45, 7) is 1.69. The third-order valence-electron chi connectivity index (χ3n) is 2.05. The molecule has 17 heavy (non-hydrogen) atoms. The highest BCUT2D eigenvalue weighted by Crippen LogP contribution is 2.14. The first-order chi connectivity index (χ1) is 8.07. The predicted molar refractivity (Wildman–Crippen MR) is 61.8 cm³/mol. The van der Waals surface area contributed by atoms with E-state index in [0.717, 1.165) is 0 Å². The van der Waals surface area contributed by atoms with Gasteiger partial charge in [0, 0.05) is 0 Å². The number of carbonyl (C=O) groups is 2. The molecule has 0 spiro atoms. The minimum atomic E-state index is -1.40. The van der Waals surface area contributed by atoms with Crippen LogP contribution in [0.15, 0.2) is 35.9 Å². The summed E-state index contributed by atoms with van der Waals surface area (Å²) in [5, 5.41) is 8.96. The maximum absolute atomic E-state index is 11.5. The summed E-state index contributed by atoms with van der Waals surface area (Å²) in [5.74, 6) is -2.33. The Balaban J connectivity index is 3.21. The van der Waals surface area contributed by atoms with Crippen LogP contribution >= 0.6 is 0 Å². The second-order valence-corrected chi connectivity index (χ2v) is 3.18. The lowest BCUT2D eigenvalue weighted by atomic mass is 10.1. The summed E-state index contributed by atoms with van der Waals surface area (Å²) >= 11 is 0. The van der Waals surface area contributed by atoms with Gasteiger partial charge in [-0.05, 0) is 12.5 Å². The molecule has 0 bridgehead atoms. The number of carboxylic acids is 1. The monoisotopic (exact) mass is 235 g/mol. The third-order valence-corrected chi connectivity index (χ3v) is 2.05. The number of carboxylic acid groups (broad SMARTS) is 1. The normalized spacial score (nSPS) is 11.6. The Bertz CT molecular complexity index is 451. The molecule has 0 atom stereocenters. The summed E-state index contributed by atoms with van der Waals surface area (Å²) in [6, 6.07) is 8.41. The Labute approximate surface area is 98.5 Å². The molecule has 0 heterocycles. The van der Waals surface area contributed by atoms with Gasteiger partial charge >= 0.3 is 11.9 Å². The van der Waals surface area contributed by atoms with Crippen LogP contribution < -0.4 is 5.73 Å². The molecule has 5 nitrogen and oxygen atoms in total. The molecule has 0 aliphatic rings. The van der Waals surface area contributed by atoms with Gasteiger partial charge in [0.05, 0.1) is 12.3 Å². The lowest BCUT2D eigenvalue weighted by Crippen LogP contribution is -2.20. The maximum atomic E-state index is 11.5. The van der Waals surface area contributed by atoms with Crippen LogP contribution in [0.25, 0.3) is 5.70 Å². The number of hydrogen-bond donors (Lipinski definition) is 2. The zero-order valence-corrected chi connectivity index (χ0v) is 9.34. The molecular formula is C12H13NO4. The highest BCUT2D eigenvalue weighted by atomic mass is 16.5. The molecule has 0 radical (unpaired) electrons. The van der Waals surface area contributed by atoms with Gasteiger partial charge in [0.2, 0.25) is 0 Å². The Hall–Kier alpha value is -2.30. The van der Waals surface area contributed by atoms with Crippen molar-refractivity contribution in [1.29, 1.82) is 0 Å². The second kappa shape index (κ2) is 5.69. The molecule has 1 aromatic carbocycles. The first kappa shape index (κ1) is 12.8. The van der Waals surface area contributed by atoms with E-state index >= 15 is 0 Å². The number of ether oxygens (including phenoxy) is 1. The van der Waals surface area contributed by atoms with Crippen LogP contribution in [0.5, 0.6) is 0 Å². The Morgan fingerprint density at radius 2 is 1.88 bits per heavy atom. The molecule has 90 valence electrons. The van der Waals surface area contributed by atoms with Crippen molar-refractivity contribution in [2.75, 3.05) is 6.61 Å². The van der Waals surface area contributed by atoms with E-state index in [1.54, 1.807) is 37.3 Å². The minimum absolute atomic E-state index is 0.0949. The van der Waals surface area contributed by atoms with Crippen LogP contribution in [0.4, 0.5) is 0 Å². The summed E-state index contributed by atoms with van der Waals surface area (Å²) in [6.07, 6.45) is 0. The zero-order chi connectivity index (χ0) is 12.8. The van der Waals surface area contributed by atoms with Gasteiger partial charge in [0.1, 0.15) is 0 Å². The fourth-order valence-corrected chi connectivity index (χ4v) is 1.28. The van der Waals surface area contributed by atoms with Crippen molar-refractivity contribution in [2.45, 2.75) is 6.92 Å². The van der Waals surface area contributed by atoms with Crippen LogP contribution in [0.3, 0.4) is 0 Å². The quantitative estimate of drug-likeness (QED) is 0.352. The summed E-state index contributed by atoms with van der Waals surface area (Å²) in [5.41, 5.74) is 5.50. The summed E-state index contributed by atoms with van der Waals surface area (Å²) < 4.78 is 4.65. The van der Waals surface area contributed by atoms with E-state index in [1.807, 2.05) is 0 Å². The van der Waals surface area contributed by atoms with E-state index in [1.165, 1.54) is 0 Å². The molecule has 0 aliphatic carbocycles. The van der Waals surface area contributed by atoms with Crippen LogP contribution in [-0.4, -0.2) is 23.7 Å². The van der Waals surface area contributed by atoms with Gasteiger partial charge in [0.25, 0.3) is 0 Å². The highest BCUT2D eigenvalue weighted by Gasteiger charge is 2.23. The molecule has 1 aromatic rings. The molecule has 0 unspecified atom stereocenters. The van der Waals surface area contributed by atoms with Crippen LogP contribution in [0.2, 0.25) is 0 Å². The second-order valence-electron chi connectivity index (χ2n) is 3.18. The average Bonchev–Trinajstić information content (AvgIpc) is 2.30. The predicted octanol–water partition coefficient (Wildman–Crippen LogP) is 1.00. The SMILES string of the molecule is CCOC(=O)/C(C(=O)O)=C(/N)c1ccccc1. The third kappa shape index (κ3) is 3.07. The number of benzene rings is 1. The van der Waals surface area contributed by atoms with Crippen molar-refractivity contribution >= 4 is 17.6 Å².